The molecule has 0 radical (unpaired) electrons. The molecule has 6 unspecified atom stereocenters. The third kappa shape index (κ3) is 3.75. The first-order valence-corrected chi connectivity index (χ1v) is 14.7. The Morgan fingerprint density at radius 2 is 1.74 bits per heavy atom. The van der Waals surface area contributed by atoms with Gasteiger partial charge in [-0.1, -0.05) is 47.1 Å². The summed E-state index contributed by atoms with van der Waals surface area (Å²) in [5, 5.41) is 11.9. The average molecular weight is 529 g/mol. The summed E-state index contributed by atoms with van der Waals surface area (Å²) in [6.45, 7) is 18.6. The number of aliphatic hydroxyl groups excluding tert-OH is 1. The maximum atomic E-state index is 13.8. The van der Waals surface area contributed by atoms with E-state index in [2.05, 4.69) is 41.5 Å². The van der Waals surface area contributed by atoms with Crippen LogP contribution < -0.4 is 0 Å². The van der Waals surface area contributed by atoms with E-state index in [9.17, 15) is 19.5 Å². The number of carbonyl (C=O) groups excluding carboxylic acids is 3. The maximum absolute atomic E-state index is 13.8. The summed E-state index contributed by atoms with van der Waals surface area (Å²) >= 11 is 0. The number of carbonyl (C=O) groups is 3. The molecule has 1 N–H and O–H groups in total. The molecule has 1 saturated heterocycles. The number of epoxide rings is 1. The van der Waals surface area contributed by atoms with E-state index in [0.717, 1.165) is 30.4 Å². The lowest BCUT2D eigenvalue weighted by Gasteiger charge is -2.68. The van der Waals surface area contributed by atoms with E-state index in [0.29, 0.717) is 31.5 Å². The molecule has 4 aliphatic carbocycles. The van der Waals surface area contributed by atoms with Crippen LogP contribution >= 0.6 is 0 Å². The number of aliphatic hydroxyl groups is 1. The van der Waals surface area contributed by atoms with E-state index in [-0.39, 0.29) is 62.9 Å². The van der Waals surface area contributed by atoms with Crippen molar-refractivity contribution in [2.45, 2.75) is 131 Å². The Labute approximate surface area is 228 Å². The summed E-state index contributed by atoms with van der Waals surface area (Å²) < 4.78 is 11.5. The molecule has 0 aromatic heterocycles. The number of ketones is 2. The van der Waals surface area contributed by atoms with Gasteiger partial charge in [0.15, 0.2) is 5.78 Å². The molecule has 212 valence electrons. The summed E-state index contributed by atoms with van der Waals surface area (Å²) in [4.78, 5) is 38.6. The first-order chi connectivity index (χ1) is 17.4. The van der Waals surface area contributed by atoms with Crippen LogP contribution in [-0.2, 0) is 23.9 Å². The standard InChI is InChI=1S/C32H48O6/c1-17(14-22(37-18(2)33)27-29(5,6)38-27)25-19-15-20(34)26-30(7)12-11-24(36)28(3,4)23(30)10-13-31(26,8)32(19,9)16-21(25)35/h17,20,22-23,26-27,34H,10-16H2,1-9H3/t17?,20?,22?,23?,26?,27?,30-,31-,32-/m0/s1. The minimum atomic E-state index is -0.553. The molecule has 1 heterocycles. The number of hydrogen-bond donors (Lipinski definition) is 1. The van der Waals surface area contributed by atoms with Crippen molar-refractivity contribution < 1.29 is 29.0 Å². The zero-order valence-electron chi connectivity index (χ0n) is 24.9. The van der Waals surface area contributed by atoms with E-state index < -0.39 is 12.2 Å². The van der Waals surface area contributed by atoms with Gasteiger partial charge in [0.25, 0.3) is 0 Å². The summed E-state index contributed by atoms with van der Waals surface area (Å²) in [7, 11) is 0. The van der Waals surface area contributed by atoms with Gasteiger partial charge in [-0.3, -0.25) is 14.4 Å². The maximum Gasteiger partial charge on any atom is 0.302 e. The minimum Gasteiger partial charge on any atom is -0.460 e. The number of ether oxygens (including phenoxy) is 2. The van der Waals surface area contributed by atoms with Crippen molar-refractivity contribution in [1.82, 2.24) is 0 Å². The predicted molar refractivity (Wildman–Crippen MR) is 144 cm³/mol. The summed E-state index contributed by atoms with van der Waals surface area (Å²) in [5.74, 6) is 0.350. The van der Waals surface area contributed by atoms with Crippen LogP contribution in [0.4, 0.5) is 0 Å². The van der Waals surface area contributed by atoms with Crippen molar-refractivity contribution in [3.8, 4) is 0 Å². The summed E-state index contributed by atoms with van der Waals surface area (Å²) in [6.07, 6.45) is 3.59. The monoisotopic (exact) mass is 528 g/mol. The Morgan fingerprint density at radius 1 is 1.11 bits per heavy atom. The van der Waals surface area contributed by atoms with E-state index in [1.54, 1.807) is 0 Å². The molecule has 0 bridgehead atoms. The van der Waals surface area contributed by atoms with Gasteiger partial charge < -0.3 is 14.6 Å². The lowest BCUT2D eigenvalue weighted by Crippen LogP contribution is -2.65. The lowest BCUT2D eigenvalue weighted by molar-refractivity contribution is -0.208. The molecule has 9 atom stereocenters. The Bertz CT molecular complexity index is 1100. The van der Waals surface area contributed by atoms with Crippen LogP contribution in [0, 0.1) is 39.4 Å². The van der Waals surface area contributed by atoms with E-state index in [1.807, 2.05) is 13.8 Å². The molecule has 38 heavy (non-hydrogen) atoms. The highest BCUT2D eigenvalue weighted by Gasteiger charge is 2.70. The van der Waals surface area contributed by atoms with Crippen LogP contribution in [0.15, 0.2) is 11.1 Å². The number of allylic oxidation sites excluding steroid dienone is 1. The summed E-state index contributed by atoms with van der Waals surface area (Å²) in [6, 6.07) is 0. The topological polar surface area (TPSA) is 93.2 Å². The zero-order valence-corrected chi connectivity index (χ0v) is 24.9. The molecule has 0 aromatic rings. The van der Waals surface area contributed by atoms with Crippen molar-refractivity contribution >= 4 is 17.5 Å². The molecule has 5 aliphatic rings. The Morgan fingerprint density at radius 3 is 2.32 bits per heavy atom. The number of rotatable bonds is 5. The fraction of sp³-hybridized carbons (Fsp3) is 0.844. The van der Waals surface area contributed by atoms with Crippen molar-refractivity contribution in [3.63, 3.8) is 0 Å². The van der Waals surface area contributed by atoms with Gasteiger partial charge in [0.1, 0.15) is 18.0 Å². The Hall–Kier alpha value is -1.53. The molecule has 1 aliphatic heterocycles. The Kier molecular flexibility index (Phi) is 6.26. The molecule has 6 nitrogen and oxygen atoms in total. The van der Waals surface area contributed by atoms with Gasteiger partial charge in [-0.2, -0.15) is 0 Å². The fourth-order valence-corrected chi connectivity index (χ4v) is 10.3. The van der Waals surface area contributed by atoms with E-state index in [1.165, 1.54) is 6.92 Å². The average Bonchev–Trinajstić information content (AvgIpc) is 3.32. The van der Waals surface area contributed by atoms with Crippen LogP contribution in [0.2, 0.25) is 0 Å². The number of fused-ring (bicyclic) bond motifs is 5. The number of Topliss-reactive ketones (excluding diaryl/α,β-unsaturated/α-hetero) is 2. The van der Waals surface area contributed by atoms with Gasteiger partial charge in [-0.05, 0) is 80.1 Å². The highest BCUT2D eigenvalue weighted by molar-refractivity contribution is 6.00. The fourth-order valence-electron chi connectivity index (χ4n) is 10.3. The van der Waals surface area contributed by atoms with Crippen LogP contribution in [0.1, 0.15) is 107 Å². The molecule has 3 saturated carbocycles. The van der Waals surface area contributed by atoms with Gasteiger partial charge in [-0.25, -0.2) is 0 Å². The van der Waals surface area contributed by atoms with E-state index in [4.69, 9.17) is 9.47 Å². The second kappa shape index (κ2) is 8.49. The normalized spacial score (nSPS) is 44.6. The molecule has 6 heteroatoms. The van der Waals surface area contributed by atoms with Crippen LogP contribution in [-0.4, -0.2) is 46.6 Å². The molecule has 5 rings (SSSR count). The second-order valence-electron chi connectivity index (χ2n) is 15.2. The van der Waals surface area contributed by atoms with Crippen molar-refractivity contribution in [2.24, 2.45) is 39.4 Å². The number of esters is 1. The first kappa shape index (κ1) is 28.0. The molecule has 0 amide bonds. The lowest BCUT2D eigenvalue weighted by atomic mass is 9.36. The van der Waals surface area contributed by atoms with Crippen LogP contribution in [0.3, 0.4) is 0 Å². The number of hydrogen-bond acceptors (Lipinski definition) is 6. The molecular formula is C32H48O6. The van der Waals surface area contributed by atoms with Gasteiger partial charge in [0.2, 0.25) is 0 Å². The zero-order chi connectivity index (χ0) is 28.2. The van der Waals surface area contributed by atoms with Gasteiger partial charge >= 0.3 is 5.97 Å². The summed E-state index contributed by atoms with van der Waals surface area (Å²) in [5.41, 5.74) is 0.516. The second-order valence-corrected chi connectivity index (χ2v) is 15.2. The highest BCUT2D eigenvalue weighted by atomic mass is 16.6. The van der Waals surface area contributed by atoms with Crippen molar-refractivity contribution in [2.75, 3.05) is 0 Å². The first-order valence-electron chi connectivity index (χ1n) is 14.7. The highest BCUT2D eigenvalue weighted by Crippen LogP contribution is 2.73. The van der Waals surface area contributed by atoms with E-state index >= 15 is 0 Å². The molecule has 0 aromatic carbocycles. The van der Waals surface area contributed by atoms with Crippen LogP contribution in [0.5, 0.6) is 0 Å². The Balaban J connectivity index is 1.50. The largest absolute Gasteiger partial charge is 0.460 e. The minimum absolute atomic E-state index is 0.0341. The molecule has 4 fully saturated rings. The quantitative estimate of drug-likeness (QED) is 0.369. The van der Waals surface area contributed by atoms with Gasteiger partial charge in [0, 0.05) is 30.6 Å². The third-order valence-corrected chi connectivity index (χ3v) is 12.3. The van der Waals surface area contributed by atoms with Crippen molar-refractivity contribution in [3.05, 3.63) is 11.1 Å². The molecule has 0 spiro atoms. The smallest absolute Gasteiger partial charge is 0.302 e. The predicted octanol–water partition coefficient (Wildman–Crippen LogP) is 5.59. The van der Waals surface area contributed by atoms with Crippen molar-refractivity contribution in [1.29, 1.82) is 0 Å². The third-order valence-electron chi connectivity index (χ3n) is 12.3. The van der Waals surface area contributed by atoms with Gasteiger partial charge in [0.05, 0.1) is 11.7 Å². The molecular weight excluding hydrogens is 480 g/mol. The SMILES string of the molecule is CC(=O)OC(CC(C)C1=C2CC(O)C3[C@@]4(C)CCC(=O)C(C)(C)C4CC[C@]3(C)[C@@]2(C)CC1=O)C1OC1(C)C. The van der Waals surface area contributed by atoms with Crippen LogP contribution in [0.25, 0.3) is 0 Å². The van der Waals surface area contributed by atoms with Gasteiger partial charge in [-0.15, -0.1) is 0 Å².